The number of rotatable bonds is 7. The fourth-order valence-electron chi connectivity index (χ4n) is 1.80. The fourth-order valence-corrected chi connectivity index (χ4v) is 2.08. The molecule has 1 rings (SSSR count). The Morgan fingerprint density at radius 2 is 2.23 bits per heavy atom. The smallest absolute Gasteiger partial charge is 0.226 e. The van der Waals surface area contributed by atoms with E-state index in [-0.39, 0.29) is 18.4 Å². The summed E-state index contributed by atoms with van der Waals surface area (Å²) in [5.74, 6) is 0.137. The standard InChI is InChI=1S/C15H23ClN4O2/c1-10-4-5-13(12(16)8-10)20-14(21)6-7-18-15(17)19-11(2)9-22-3/h4-5,8,11H,6-7,9H2,1-3H3,(H,20,21)(H3,17,18,19). The molecule has 0 saturated carbocycles. The maximum absolute atomic E-state index is 11.8. The molecule has 6 nitrogen and oxygen atoms in total. The molecular formula is C15H23ClN4O2. The van der Waals surface area contributed by atoms with E-state index >= 15 is 0 Å². The monoisotopic (exact) mass is 326 g/mol. The Morgan fingerprint density at radius 3 is 2.86 bits per heavy atom. The number of nitrogens with zero attached hydrogens (tertiary/aromatic N) is 1. The number of aliphatic imine (C=N–C) groups is 1. The molecular weight excluding hydrogens is 304 g/mol. The molecule has 0 saturated heterocycles. The maximum atomic E-state index is 11.8. The van der Waals surface area contributed by atoms with E-state index in [2.05, 4.69) is 15.6 Å². The topological polar surface area (TPSA) is 88.7 Å². The van der Waals surface area contributed by atoms with Crippen molar-refractivity contribution in [3.05, 3.63) is 28.8 Å². The molecule has 0 aromatic heterocycles. The van der Waals surface area contributed by atoms with Crippen molar-refractivity contribution in [2.75, 3.05) is 25.6 Å². The van der Waals surface area contributed by atoms with E-state index in [0.29, 0.717) is 29.8 Å². The molecule has 0 heterocycles. The second-order valence-corrected chi connectivity index (χ2v) is 5.46. The predicted molar refractivity (Wildman–Crippen MR) is 90.4 cm³/mol. The predicted octanol–water partition coefficient (Wildman–Crippen LogP) is 1.92. The first kappa shape index (κ1) is 18.3. The van der Waals surface area contributed by atoms with Gasteiger partial charge in [-0.25, -0.2) is 0 Å². The zero-order valence-corrected chi connectivity index (χ0v) is 13.9. The molecule has 22 heavy (non-hydrogen) atoms. The van der Waals surface area contributed by atoms with Crippen LogP contribution in [0.25, 0.3) is 0 Å². The van der Waals surface area contributed by atoms with Crippen molar-refractivity contribution in [2.24, 2.45) is 10.7 Å². The second-order valence-electron chi connectivity index (χ2n) is 5.05. The molecule has 0 aliphatic carbocycles. The van der Waals surface area contributed by atoms with Crippen LogP contribution < -0.4 is 16.4 Å². The molecule has 0 aliphatic rings. The molecule has 0 bridgehead atoms. The highest BCUT2D eigenvalue weighted by Crippen LogP contribution is 2.22. The summed E-state index contributed by atoms with van der Waals surface area (Å²) in [7, 11) is 1.62. The highest BCUT2D eigenvalue weighted by atomic mass is 35.5. The van der Waals surface area contributed by atoms with E-state index in [9.17, 15) is 4.79 Å². The van der Waals surface area contributed by atoms with Gasteiger partial charge in [-0.1, -0.05) is 17.7 Å². The minimum absolute atomic E-state index is 0.0638. The Labute approximate surface area is 136 Å². The average Bonchev–Trinajstić information content (AvgIpc) is 2.42. The number of nitrogens with one attached hydrogen (secondary N) is 2. The van der Waals surface area contributed by atoms with Crippen molar-refractivity contribution < 1.29 is 9.53 Å². The SMILES string of the molecule is COCC(C)NC(N)=NCCC(=O)Nc1ccc(C)cc1Cl. The van der Waals surface area contributed by atoms with Crippen molar-refractivity contribution >= 4 is 29.2 Å². The lowest BCUT2D eigenvalue weighted by molar-refractivity contribution is -0.116. The molecule has 7 heteroatoms. The Kier molecular flexibility index (Phi) is 7.70. The largest absolute Gasteiger partial charge is 0.383 e. The van der Waals surface area contributed by atoms with E-state index in [1.807, 2.05) is 19.9 Å². The molecule has 1 amide bonds. The van der Waals surface area contributed by atoms with Gasteiger partial charge in [-0.15, -0.1) is 0 Å². The normalized spacial score (nSPS) is 12.8. The zero-order chi connectivity index (χ0) is 16.5. The quantitative estimate of drug-likeness (QED) is 0.527. The number of methoxy groups -OCH3 is 1. The number of nitrogens with two attached hydrogens (primary N) is 1. The summed E-state index contributed by atoms with van der Waals surface area (Å²) in [6.07, 6.45) is 0.227. The van der Waals surface area contributed by atoms with Gasteiger partial charge in [0, 0.05) is 19.6 Å². The Hall–Kier alpha value is -1.79. The van der Waals surface area contributed by atoms with Gasteiger partial charge in [-0.2, -0.15) is 0 Å². The highest BCUT2D eigenvalue weighted by Gasteiger charge is 2.06. The number of hydrogen-bond donors (Lipinski definition) is 3. The van der Waals surface area contributed by atoms with Crippen molar-refractivity contribution in [3.8, 4) is 0 Å². The zero-order valence-electron chi connectivity index (χ0n) is 13.1. The molecule has 0 spiro atoms. The molecule has 0 radical (unpaired) electrons. The van der Waals surface area contributed by atoms with Gasteiger partial charge in [0.2, 0.25) is 5.91 Å². The van der Waals surface area contributed by atoms with E-state index in [1.165, 1.54) is 0 Å². The van der Waals surface area contributed by atoms with Crippen LogP contribution in [0.4, 0.5) is 5.69 Å². The Morgan fingerprint density at radius 1 is 1.50 bits per heavy atom. The van der Waals surface area contributed by atoms with Crippen LogP contribution >= 0.6 is 11.6 Å². The number of guanidine groups is 1. The number of carbonyl (C=O) groups excluding carboxylic acids is 1. The summed E-state index contributed by atoms with van der Waals surface area (Å²) in [6, 6.07) is 5.53. The summed E-state index contributed by atoms with van der Waals surface area (Å²) in [4.78, 5) is 15.9. The third-order valence-electron chi connectivity index (χ3n) is 2.83. The van der Waals surface area contributed by atoms with Crippen molar-refractivity contribution in [3.63, 3.8) is 0 Å². The number of carbonyl (C=O) groups is 1. The van der Waals surface area contributed by atoms with Gasteiger partial charge in [0.05, 0.1) is 23.9 Å². The summed E-state index contributed by atoms with van der Waals surface area (Å²) < 4.78 is 4.98. The molecule has 4 N–H and O–H groups in total. The molecule has 122 valence electrons. The van der Waals surface area contributed by atoms with Crippen LogP contribution in [0, 0.1) is 6.92 Å². The van der Waals surface area contributed by atoms with Gasteiger partial charge < -0.3 is 21.1 Å². The third-order valence-corrected chi connectivity index (χ3v) is 3.14. The van der Waals surface area contributed by atoms with Crippen molar-refractivity contribution in [1.29, 1.82) is 0 Å². The first-order valence-corrected chi connectivity index (χ1v) is 7.41. The number of anilines is 1. The van der Waals surface area contributed by atoms with Crippen molar-refractivity contribution in [2.45, 2.75) is 26.3 Å². The minimum Gasteiger partial charge on any atom is -0.383 e. The van der Waals surface area contributed by atoms with Gasteiger partial charge >= 0.3 is 0 Å². The highest BCUT2D eigenvalue weighted by molar-refractivity contribution is 6.33. The van der Waals surface area contributed by atoms with E-state index < -0.39 is 0 Å². The van der Waals surface area contributed by atoms with E-state index in [0.717, 1.165) is 5.56 Å². The fraction of sp³-hybridized carbons (Fsp3) is 0.467. The average molecular weight is 327 g/mol. The maximum Gasteiger partial charge on any atom is 0.226 e. The third kappa shape index (κ3) is 6.78. The lowest BCUT2D eigenvalue weighted by Crippen LogP contribution is -2.40. The number of ether oxygens (including phenoxy) is 1. The molecule has 1 aromatic carbocycles. The minimum atomic E-state index is -0.160. The number of hydrogen-bond acceptors (Lipinski definition) is 3. The van der Waals surface area contributed by atoms with E-state index in [1.54, 1.807) is 19.2 Å². The molecule has 1 unspecified atom stereocenters. The van der Waals surface area contributed by atoms with Crippen LogP contribution in [-0.4, -0.2) is 38.2 Å². The van der Waals surface area contributed by atoms with Crippen LogP contribution in [0.5, 0.6) is 0 Å². The summed E-state index contributed by atoms with van der Waals surface area (Å²) in [5.41, 5.74) is 7.35. The molecule has 0 aliphatic heterocycles. The van der Waals surface area contributed by atoms with E-state index in [4.69, 9.17) is 22.1 Å². The second kappa shape index (κ2) is 9.27. The Bertz CT molecular complexity index is 534. The van der Waals surface area contributed by atoms with Crippen LogP contribution in [0.1, 0.15) is 18.9 Å². The number of amides is 1. The number of halogens is 1. The molecule has 1 aromatic rings. The molecule has 0 fully saturated rings. The lowest BCUT2D eigenvalue weighted by atomic mass is 10.2. The summed E-state index contributed by atoms with van der Waals surface area (Å²) >= 11 is 6.06. The van der Waals surface area contributed by atoms with Gasteiger partial charge in [0.15, 0.2) is 5.96 Å². The van der Waals surface area contributed by atoms with Gasteiger partial charge in [-0.3, -0.25) is 9.79 Å². The summed E-state index contributed by atoms with van der Waals surface area (Å²) in [5, 5.41) is 6.24. The number of aryl methyl sites for hydroxylation is 1. The van der Waals surface area contributed by atoms with Crippen LogP contribution in [0.3, 0.4) is 0 Å². The summed E-state index contributed by atoms with van der Waals surface area (Å²) in [6.45, 7) is 4.70. The van der Waals surface area contributed by atoms with Crippen LogP contribution in [0.15, 0.2) is 23.2 Å². The molecule has 1 atom stereocenters. The van der Waals surface area contributed by atoms with Crippen LogP contribution in [0.2, 0.25) is 5.02 Å². The first-order valence-electron chi connectivity index (χ1n) is 7.03. The van der Waals surface area contributed by atoms with Gasteiger partial charge in [0.1, 0.15) is 0 Å². The Balaban J connectivity index is 2.39. The van der Waals surface area contributed by atoms with Crippen molar-refractivity contribution in [1.82, 2.24) is 5.32 Å². The lowest BCUT2D eigenvalue weighted by Gasteiger charge is -2.13. The first-order chi connectivity index (χ1) is 10.4. The number of benzene rings is 1. The van der Waals surface area contributed by atoms with Gasteiger partial charge in [0.25, 0.3) is 0 Å². The van der Waals surface area contributed by atoms with Crippen LogP contribution in [-0.2, 0) is 9.53 Å². The van der Waals surface area contributed by atoms with Gasteiger partial charge in [-0.05, 0) is 31.5 Å².